The van der Waals surface area contributed by atoms with Crippen LogP contribution >= 0.6 is 0 Å². The summed E-state index contributed by atoms with van der Waals surface area (Å²) in [4.78, 5) is 12.8. The molecule has 0 aliphatic heterocycles. The minimum absolute atomic E-state index is 0.522. The molecule has 0 radical (unpaired) electrons. The SMILES string of the molecule is COC(=O)C#Cc1ccc(N(C)C)cc1. The Bertz CT molecular complexity index is 396. The van der Waals surface area contributed by atoms with Crippen LogP contribution in [0.15, 0.2) is 24.3 Å². The van der Waals surface area contributed by atoms with Gasteiger partial charge in [-0.25, -0.2) is 4.79 Å². The quantitative estimate of drug-likeness (QED) is 0.508. The molecule has 0 aliphatic rings. The minimum atomic E-state index is -0.522. The third-order valence-electron chi connectivity index (χ3n) is 1.88. The summed E-state index contributed by atoms with van der Waals surface area (Å²) in [6.45, 7) is 0. The number of benzene rings is 1. The van der Waals surface area contributed by atoms with E-state index < -0.39 is 5.97 Å². The molecule has 0 aromatic heterocycles. The number of carbonyl (C=O) groups excluding carboxylic acids is 1. The van der Waals surface area contributed by atoms with Crippen LogP contribution in [0.2, 0.25) is 0 Å². The molecule has 0 N–H and O–H groups in total. The predicted molar refractivity (Wildman–Crippen MR) is 59.7 cm³/mol. The van der Waals surface area contributed by atoms with E-state index in [4.69, 9.17) is 0 Å². The van der Waals surface area contributed by atoms with Crippen molar-refractivity contribution in [1.82, 2.24) is 0 Å². The maximum atomic E-state index is 10.8. The van der Waals surface area contributed by atoms with Gasteiger partial charge in [-0.3, -0.25) is 0 Å². The maximum absolute atomic E-state index is 10.8. The van der Waals surface area contributed by atoms with E-state index in [0.717, 1.165) is 11.3 Å². The highest BCUT2D eigenvalue weighted by molar-refractivity contribution is 5.89. The fraction of sp³-hybridized carbons (Fsp3) is 0.250. The normalized spacial score (nSPS) is 8.73. The Morgan fingerprint density at radius 2 is 1.87 bits per heavy atom. The van der Waals surface area contributed by atoms with Gasteiger partial charge in [0.05, 0.1) is 7.11 Å². The highest BCUT2D eigenvalue weighted by atomic mass is 16.5. The molecule has 1 aromatic rings. The number of esters is 1. The van der Waals surface area contributed by atoms with Gasteiger partial charge in [0.2, 0.25) is 0 Å². The summed E-state index contributed by atoms with van der Waals surface area (Å²) >= 11 is 0. The number of rotatable bonds is 1. The van der Waals surface area contributed by atoms with Gasteiger partial charge in [-0.05, 0) is 24.3 Å². The van der Waals surface area contributed by atoms with E-state index in [1.807, 2.05) is 43.3 Å². The standard InChI is InChI=1S/C12H13NO2/c1-13(2)11-7-4-10(5-8-11)6-9-12(14)15-3/h4-5,7-8H,1-3H3. The van der Waals surface area contributed by atoms with Crippen molar-refractivity contribution in [2.45, 2.75) is 0 Å². The number of hydrogen-bond donors (Lipinski definition) is 0. The summed E-state index contributed by atoms with van der Waals surface area (Å²) in [5.41, 5.74) is 1.89. The molecule has 0 saturated carbocycles. The van der Waals surface area contributed by atoms with Gasteiger partial charge in [-0.2, -0.15) is 0 Å². The van der Waals surface area contributed by atoms with Crippen molar-refractivity contribution in [2.75, 3.05) is 26.1 Å². The van der Waals surface area contributed by atoms with Crippen LogP contribution in [0.3, 0.4) is 0 Å². The largest absolute Gasteiger partial charge is 0.459 e. The Balaban J connectivity index is 2.79. The third kappa shape index (κ3) is 3.35. The molecule has 0 fully saturated rings. The first kappa shape index (κ1) is 11.1. The van der Waals surface area contributed by atoms with Gasteiger partial charge >= 0.3 is 5.97 Å². The van der Waals surface area contributed by atoms with E-state index in [2.05, 4.69) is 16.6 Å². The number of carbonyl (C=O) groups is 1. The molecule has 0 saturated heterocycles. The fourth-order valence-electron chi connectivity index (χ4n) is 1.02. The Kier molecular flexibility index (Phi) is 3.75. The Morgan fingerprint density at radius 3 is 2.33 bits per heavy atom. The first-order valence-electron chi connectivity index (χ1n) is 4.51. The zero-order valence-corrected chi connectivity index (χ0v) is 9.07. The number of anilines is 1. The third-order valence-corrected chi connectivity index (χ3v) is 1.88. The van der Waals surface area contributed by atoms with Crippen LogP contribution in [0.4, 0.5) is 5.69 Å². The number of methoxy groups -OCH3 is 1. The number of nitrogens with zero attached hydrogens (tertiary/aromatic N) is 1. The second-order valence-electron chi connectivity index (χ2n) is 3.18. The lowest BCUT2D eigenvalue weighted by Gasteiger charge is -2.11. The van der Waals surface area contributed by atoms with Crippen LogP contribution in [-0.2, 0) is 9.53 Å². The smallest absolute Gasteiger partial charge is 0.384 e. The number of hydrogen-bond acceptors (Lipinski definition) is 3. The van der Waals surface area contributed by atoms with Crippen LogP contribution in [-0.4, -0.2) is 27.2 Å². The molecule has 0 unspecified atom stereocenters. The Labute approximate surface area is 89.7 Å². The molecule has 0 bridgehead atoms. The van der Waals surface area contributed by atoms with Gasteiger partial charge in [-0.1, -0.05) is 5.92 Å². The van der Waals surface area contributed by atoms with Gasteiger partial charge in [0, 0.05) is 31.3 Å². The maximum Gasteiger partial charge on any atom is 0.384 e. The second-order valence-corrected chi connectivity index (χ2v) is 3.18. The lowest BCUT2D eigenvalue weighted by Crippen LogP contribution is -2.07. The topological polar surface area (TPSA) is 29.5 Å². The summed E-state index contributed by atoms with van der Waals surface area (Å²) in [5.74, 6) is 4.57. The minimum Gasteiger partial charge on any atom is -0.459 e. The van der Waals surface area contributed by atoms with Crippen molar-refractivity contribution >= 4 is 11.7 Å². The van der Waals surface area contributed by atoms with E-state index in [-0.39, 0.29) is 0 Å². The molecule has 0 atom stereocenters. The molecule has 0 spiro atoms. The van der Waals surface area contributed by atoms with Gasteiger partial charge in [0.15, 0.2) is 0 Å². The first-order chi connectivity index (χ1) is 7.13. The molecule has 1 rings (SSSR count). The zero-order valence-electron chi connectivity index (χ0n) is 9.07. The fourth-order valence-corrected chi connectivity index (χ4v) is 1.02. The van der Waals surface area contributed by atoms with E-state index in [0.29, 0.717) is 0 Å². The summed E-state index contributed by atoms with van der Waals surface area (Å²) < 4.78 is 4.41. The van der Waals surface area contributed by atoms with Gasteiger partial charge in [0.1, 0.15) is 0 Å². The Hall–Kier alpha value is -1.95. The van der Waals surface area contributed by atoms with E-state index in [1.165, 1.54) is 7.11 Å². The highest BCUT2D eigenvalue weighted by Crippen LogP contribution is 2.11. The van der Waals surface area contributed by atoms with Crippen LogP contribution in [0.5, 0.6) is 0 Å². The monoisotopic (exact) mass is 203 g/mol. The average Bonchev–Trinajstić information content (AvgIpc) is 2.26. The first-order valence-corrected chi connectivity index (χ1v) is 4.51. The van der Waals surface area contributed by atoms with Gasteiger partial charge in [0.25, 0.3) is 0 Å². The molecule has 3 heteroatoms. The highest BCUT2D eigenvalue weighted by Gasteiger charge is 1.94. The molecule has 3 nitrogen and oxygen atoms in total. The number of ether oxygens (including phenoxy) is 1. The van der Waals surface area contributed by atoms with Crippen molar-refractivity contribution < 1.29 is 9.53 Å². The average molecular weight is 203 g/mol. The molecule has 78 valence electrons. The van der Waals surface area contributed by atoms with Gasteiger partial charge in [-0.15, -0.1) is 0 Å². The van der Waals surface area contributed by atoms with Crippen LogP contribution in [0, 0.1) is 11.8 Å². The molecular formula is C12H13NO2. The van der Waals surface area contributed by atoms with Crippen molar-refractivity contribution in [2.24, 2.45) is 0 Å². The lowest BCUT2D eigenvalue weighted by molar-refractivity contribution is -0.133. The summed E-state index contributed by atoms with van der Waals surface area (Å²) in [5, 5.41) is 0. The van der Waals surface area contributed by atoms with Crippen molar-refractivity contribution in [3.05, 3.63) is 29.8 Å². The van der Waals surface area contributed by atoms with Crippen LogP contribution in [0.25, 0.3) is 0 Å². The summed E-state index contributed by atoms with van der Waals surface area (Å²) in [6.07, 6.45) is 0. The van der Waals surface area contributed by atoms with Gasteiger partial charge < -0.3 is 9.64 Å². The molecule has 0 heterocycles. The van der Waals surface area contributed by atoms with E-state index in [9.17, 15) is 4.79 Å². The molecular weight excluding hydrogens is 190 g/mol. The van der Waals surface area contributed by atoms with Crippen LogP contribution < -0.4 is 4.90 Å². The molecule has 0 aliphatic carbocycles. The van der Waals surface area contributed by atoms with Crippen molar-refractivity contribution in [3.8, 4) is 11.8 Å². The van der Waals surface area contributed by atoms with Crippen molar-refractivity contribution in [1.29, 1.82) is 0 Å². The van der Waals surface area contributed by atoms with Crippen molar-refractivity contribution in [3.63, 3.8) is 0 Å². The summed E-state index contributed by atoms with van der Waals surface area (Å²) in [7, 11) is 5.25. The Morgan fingerprint density at radius 1 is 1.27 bits per heavy atom. The summed E-state index contributed by atoms with van der Waals surface area (Å²) in [6, 6.07) is 7.62. The molecule has 15 heavy (non-hydrogen) atoms. The van der Waals surface area contributed by atoms with E-state index >= 15 is 0 Å². The lowest BCUT2D eigenvalue weighted by atomic mass is 10.2. The van der Waals surface area contributed by atoms with E-state index in [1.54, 1.807) is 0 Å². The molecule has 0 amide bonds. The zero-order chi connectivity index (χ0) is 11.3. The molecule has 1 aromatic carbocycles. The second kappa shape index (κ2) is 5.06. The van der Waals surface area contributed by atoms with Crippen LogP contribution in [0.1, 0.15) is 5.56 Å². The predicted octanol–water partition coefficient (Wildman–Crippen LogP) is 1.28.